The first-order chi connectivity index (χ1) is 11.6. The van der Waals surface area contributed by atoms with E-state index in [4.69, 9.17) is 8.83 Å². The van der Waals surface area contributed by atoms with Crippen LogP contribution in [0.4, 0.5) is 0 Å². The van der Waals surface area contributed by atoms with Gasteiger partial charge in [-0.2, -0.15) is 0 Å². The molecule has 0 aliphatic rings. The van der Waals surface area contributed by atoms with Crippen LogP contribution in [0.25, 0.3) is 11.0 Å². The molecule has 0 radical (unpaired) electrons. The molecule has 0 aliphatic carbocycles. The van der Waals surface area contributed by atoms with Gasteiger partial charge in [0.2, 0.25) is 11.8 Å². The SMILES string of the molecule is Cc1ccc2c(CC(=O)NCC(=O)NCc3ccco3)coc2c1. The first-order valence-electron chi connectivity index (χ1n) is 7.64. The molecule has 2 amide bonds. The van der Waals surface area contributed by atoms with Crippen molar-refractivity contribution in [3.8, 4) is 0 Å². The standard InChI is InChI=1S/C18H18N2O4/c1-12-4-5-15-13(11-24-16(15)7-12)8-17(21)20-10-18(22)19-9-14-3-2-6-23-14/h2-7,11H,8-10H2,1H3,(H,19,22)(H,20,21). The third kappa shape index (κ3) is 3.84. The van der Waals surface area contributed by atoms with Gasteiger partial charge in [0.25, 0.3) is 0 Å². The summed E-state index contributed by atoms with van der Waals surface area (Å²) in [6.07, 6.45) is 3.29. The Morgan fingerprint density at radius 1 is 1.08 bits per heavy atom. The van der Waals surface area contributed by atoms with Gasteiger partial charge in [0.05, 0.1) is 32.0 Å². The van der Waals surface area contributed by atoms with E-state index in [-0.39, 0.29) is 24.8 Å². The van der Waals surface area contributed by atoms with Crippen molar-refractivity contribution in [3.05, 3.63) is 59.7 Å². The molecule has 0 bridgehead atoms. The maximum absolute atomic E-state index is 12.0. The fourth-order valence-electron chi connectivity index (χ4n) is 2.40. The average molecular weight is 326 g/mol. The monoisotopic (exact) mass is 326 g/mol. The topological polar surface area (TPSA) is 84.5 Å². The van der Waals surface area contributed by atoms with Crippen LogP contribution in [-0.2, 0) is 22.6 Å². The van der Waals surface area contributed by atoms with Gasteiger partial charge < -0.3 is 19.5 Å². The minimum absolute atomic E-state index is 0.0750. The Hall–Kier alpha value is -3.02. The van der Waals surface area contributed by atoms with Gasteiger partial charge in [-0.1, -0.05) is 12.1 Å². The minimum atomic E-state index is -0.271. The quantitative estimate of drug-likeness (QED) is 0.728. The van der Waals surface area contributed by atoms with Gasteiger partial charge >= 0.3 is 0 Å². The Bertz CT molecular complexity index is 849. The molecule has 0 spiro atoms. The van der Waals surface area contributed by atoms with Gasteiger partial charge in [0.15, 0.2) is 0 Å². The zero-order valence-electron chi connectivity index (χ0n) is 13.3. The molecule has 0 unspecified atom stereocenters. The lowest BCUT2D eigenvalue weighted by atomic mass is 10.1. The van der Waals surface area contributed by atoms with E-state index in [1.165, 1.54) is 0 Å². The number of carbonyl (C=O) groups is 2. The van der Waals surface area contributed by atoms with Crippen LogP contribution in [0.2, 0.25) is 0 Å². The lowest BCUT2D eigenvalue weighted by molar-refractivity contribution is -0.125. The van der Waals surface area contributed by atoms with E-state index in [2.05, 4.69) is 10.6 Å². The molecule has 24 heavy (non-hydrogen) atoms. The second kappa shape index (κ2) is 7.04. The normalized spacial score (nSPS) is 10.7. The molecule has 3 rings (SSSR count). The van der Waals surface area contributed by atoms with Crippen molar-refractivity contribution in [1.29, 1.82) is 0 Å². The number of nitrogens with one attached hydrogen (secondary N) is 2. The second-order valence-corrected chi connectivity index (χ2v) is 5.57. The summed E-state index contributed by atoms with van der Waals surface area (Å²) in [7, 11) is 0. The lowest BCUT2D eigenvalue weighted by Gasteiger charge is -2.05. The smallest absolute Gasteiger partial charge is 0.239 e. The number of hydrogen-bond acceptors (Lipinski definition) is 4. The molecule has 2 aromatic heterocycles. The van der Waals surface area contributed by atoms with Crippen LogP contribution in [0.5, 0.6) is 0 Å². The highest BCUT2D eigenvalue weighted by atomic mass is 16.3. The molecule has 2 heterocycles. The predicted molar refractivity (Wildman–Crippen MR) is 88.2 cm³/mol. The molecule has 0 saturated carbocycles. The average Bonchev–Trinajstić information content (AvgIpc) is 3.21. The molecule has 0 aliphatic heterocycles. The molecule has 1 aromatic carbocycles. The van der Waals surface area contributed by atoms with E-state index >= 15 is 0 Å². The summed E-state index contributed by atoms with van der Waals surface area (Å²) < 4.78 is 10.6. The molecule has 0 saturated heterocycles. The Morgan fingerprint density at radius 3 is 2.75 bits per heavy atom. The van der Waals surface area contributed by atoms with Crippen molar-refractivity contribution < 1.29 is 18.4 Å². The Morgan fingerprint density at radius 2 is 1.96 bits per heavy atom. The summed E-state index contributed by atoms with van der Waals surface area (Å²) in [5, 5.41) is 6.19. The van der Waals surface area contributed by atoms with Crippen molar-refractivity contribution in [2.75, 3.05) is 6.54 Å². The van der Waals surface area contributed by atoms with Crippen LogP contribution in [-0.4, -0.2) is 18.4 Å². The van der Waals surface area contributed by atoms with E-state index in [1.807, 2.05) is 25.1 Å². The van der Waals surface area contributed by atoms with Crippen molar-refractivity contribution in [1.82, 2.24) is 10.6 Å². The van der Waals surface area contributed by atoms with E-state index < -0.39 is 0 Å². The minimum Gasteiger partial charge on any atom is -0.467 e. The number of amides is 2. The molecule has 2 N–H and O–H groups in total. The van der Waals surface area contributed by atoms with Crippen molar-refractivity contribution in [2.45, 2.75) is 19.9 Å². The van der Waals surface area contributed by atoms with Crippen LogP contribution in [0, 0.1) is 6.92 Å². The summed E-state index contributed by atoms with van der Waals surface area (Å²) in [5.74, 6) is 0.161. The van der Waals surface area contributed by atoms with Crippen LogP contribution in [0.15, 0.2) is 51.7 Å². The number of carbonyl (C=O) groups excluding carboxylic acids is 2. The first kappa shape index (κ1) is 15.9. The summed E-state index contributed by atoms with van der Waals surface area (Å²) in [6.45, 7) is 2.21. The molecule has 0 atom stereocenters. The number of benzene rings is 1. The number of fused-ring (bicyclic) bond motifs is 1. The first-order valence-corrected chi connectivity index (χ1v) is 7.64. The summed E-state index contributed by atoms with van der Waals surface area (Å²) in [5.41, 5.74) is 2.66. The van der Waals surface area contributed by atoms with E-state index in [0.29, 0.717) is 12.3 Å². The number of aryl methyl sites for hydroxylation is 1. The fourth-order valence-corrected chi connectivity index (χ4v) is 2.40. The van der Waals surface area contributed by atoms with Crippen LogP contribution in [0.1, 0.15) is 16.9 Å². The summed E-state index contributed by atoms with van der Waals surface area (Å²) in [6, 6.07) is 9.36. The molecular formula is C18H18N2O4. The van der Waals surface area contributed by atoms with Crippen molar-refractivity contribution in [3.63, 3.8) is 0 Å². The third-order valence-electron chi connectivity index (χ3n) is 3.65. The van der Waals surface area contributed by atoms with Crippen LogP contribution < -0.4 is 10.6 Å². The summed E-state index contributed by atoms with van der Waals surface area (Å²) >= 11 is 0. The fraction of sp³-hybridized carbons (Fsp3) is 0.222. The van der Waals surface area contributed by atoms with Gasteiger partial charge in [0.1, 0.15) is 11.3 Å². The number of rotatable bonds is 6. The Labute approximate surface area is 138 Å². The zero-order chi connectivity index (χ0) is 16.9. The van der Waals surface area contributed by atoms with Gasteiger partial charge in [0, 0.05) is 10.9 Å². The number of furan rings is 2. The molecule has 124 valence electrons. The Balaban J connectivity index is 1.49. The predicted octanol–water partition coefficient (Wildman–Crippen LogP) is 2.31. The molecular weight excluding hydrogens is 308 g/mol. The van der Waals surface area contributed by atoms with Crippen molar-refractivity contribution in [2.24, 2.45) is 0 Å². The molecule has 6 nitrogen and oxygen atoms in total. The largest absolute Gasteiger partial charge is 0.467 e. The highest BCUT2D eigenvalue weighted by molar-refractivity contribution is 5.90. The number of hydrogen-bond donors (Lipinski definition) is 2. The van der Waals surface area contributed by atoms with Gasteiger partial charge in [-0.25, -0.2) is 0 Å². The van der Waals surface area contributed by atoms with Crippen LogP contribution in [0.3, 0.4) is 0 Å². The van der Waals surface area contributed by atoms with E-state index in [1.54, 1.807) is 24.7 Å². The van der Waals surface area contributed by atoms with Gasteiger partial charge in [-0.15, -0.1) is 0 Å². The highest BCUT2D eigenvalue weighted by Gasteiger charge is 2.11. The van der Waals surface area contributed by atoms with Gasteiger partial charge in [-0.3, -0.25) is 9.59 Å². The van der Waals surface area contributed by atoms with Crippen molar-refractivity contribution >= 4 is 22.8 Å². The van der Waals surface area contributed by atoms with E-state index in [0.717, 1.165) is 22.1 Å². The lowest BCUT2D eigenvalue weighted by Crippen LogP contribution is -2.37. The molecule has 6 heteroatoms. The summed E-state index contributed by atoms with van der Waals surface area (Å²) in [4.78, 5) is 23.7. The molecule has 3 aromatic rings. The molecule has 0 fully saturated rings. The maximum atomic E-state index is 12.0. The maximum Gasteiger partial charge on any atom is 0.239 e. The Kier molecular flexibility index (Phi) is 4.65. The van der Waals surface area contributed by atoms with E-state index in [9.17, 15) is 9.59 Å². The van der Waals surface area contributed by atoms with Gasteiger partial charge in [-0.05, 0) is 30.7 Å². The third-order valence-corrected chi connectivity index (χ3v) is 3.65. The van der Waals surface area contributed by atoms with Crippen LogP contribution >= 0.6 is 0 Å². The zero-order valence-corrected chi connectivity index (χ0v) is 13.3. The second-order valence-electron chi connectivity index (χ2n) is 5.57. The highest BCUT2D eigenvalue weighted by Crippen LogP contribution is 2.22.